The Morgan fingerprint density at radius 2 is 1.84 bits per heavy atom. The molecular formula is C27H28FN3. The van der Waals surface area contributed by atoms with Crippen LogP contribution in [0.15, 0.2) is 90.1 Å². The summed E-state index contributed by atoms with van der Waals surface area (Å²) in [5.41, 5.74) is 5.36. The number of nitrogens with one attached hydrogen (secondary N) is 1. The van der Waals surface area contributed by atoms with E-state index in [-0.39, 0.29) is 5.82 Å². The third kappa shape index (κ3) is 4.24. The Hall–Kier alpha value is -3.40. The van der Waals surface area contributed by atoms with Crippen LogP contribution in [0.25, 0.3) is 10.8 Å². The van der Waals surface area contributed by atoms with Crippen LogP contribution in [0.1, 0.15) is 31.4 Å². The van der Waals surface area contributed by atoms with Crippen LogP contribution in [-0.2, 0) is 5.54 Å². The van der Waals surface area contributed by atoms with E-state index in [9.17, 15) is 4.39 Å². The van der Waals surface area contributed by atoms with Crippen LogP contribution in [0.4, 0.5) is 10.1 Å². The van der Waals surface area contributed by atoms with Crippen LogP contribution < -0.4 is 10.3 Å². The van der Waals surface area contributed by atoms with Gasteiger partial charge in [-0.15, -0.1) is 0 Å². The van der Waals surface area contributed by atoms with Gasteiger partial charge in [-0.05, 0) is 54.8 Å². The Bertz CT molecular complexity index is 1140. The maximum atomic E-state index is 14.7. The average Bonchev–Trinajstić information content (AvgIpc) is 2.81. The summed E-state index contributed by atoms with van der Waals surface area (Å²) in [5, 5.41) is 6.85. The van der Waals surface area contributed by atoms with Gasteiger partial charge in [0, 0.05) is 24.3 Å². The van der Waals surface area contributed by atoms with E-state index in [0.29, 0.717) is 5.56 Å². The smallest absolute Gasteiger partial charge is 0.134 e. The number of hydrazone groups is 1. The molecule has 0 amide bonds. The maximum absolute atomic E-state index is 14.7. The van der Waals surface area contributed by atoms with E-state index in [1.807, 2.05) is 24.3 Å². The number of nitrogens with zero attached hydrogens (tertiary/aromatic N) is 2. The number of anilines is 1. The van der Waals surface area contributed by atoms with Crippen LogP contribution in [0, 0.1) is 5.82 Å². The Balaban J connectivity index is 1.64. The second-order valence-corrected chi connectivity index (χ2v) is 7.74. The molecule has 0 heterocycles. The predicted octanol–water partition coefficient (Wildman–Crippen LogP) is 6.16. The first-order valence-corrected chi connectivity index (χ1v) is 10.8. The summed E-state index contributed by atoms with van der Waals surface area (Å²) in [7, 11) is 0. The van der Waals surface area contributed by atoms with Crippen LogP contribution in [0.3, 0.4) is 0 Å². The second kappa shape index (κ2) is 9.17. The third-order valence-corrected chi connectivity index (χ3v) is 5.92. The highest BCUT2D eigenvalue weighted by molar-refractivity contribution is 5.87. The fourth-order valence-electron chi connectivity index (χ4n) is 4.20. The zero-order valence-corrected chi connectivity index (χ0v) is 18.1. The number of hydrogen-bond acceptors (Lipinski definition) is 3. The molecule has 1 N–H and O–H groups in total. The lowest BCUT2D eigenvalue weighted by Crippen LogP contribution is -2.38. The van der Waals surface area contributed by atoms with Gasteiger partial charge in [0.1, 0.15) is 11.4 Å². The lowest BCUT2D eigenvalue weighted by molar-refractivity contribution is 0.435. The summed E-state index contributed by atoms with van der Waals surface area (Å²) in [6.07, 6.45) is 10.7. The molecule has 0 fully saturated rings. The summed E-state index contributed by atoms with van der Waals surface area (Å²) >= 11 is 0. The molecule has 0 spiro atoms. The Labute approximate surface area is 183 Å². The van der Waals surface area contributed by atoms with E-state index in [1.54, 1.807) is 18.3 Å². The van der Waals surface area contributed by atoms with Gasteiger partial charge in [0.2, 0.25) is 0 Å². The molecule has 0 radical (unpaired) electrons. The number of rotatable bonds is 7. The third-order valence-electron chi connectivity index (χ3n) is 5.92. The van der Waals surface area contributed by atoms with Crippen molar-refractivity contribution in [2.45, 2.75) is 25.8 Å². The summed E-state index contributed by atoms with van der Waals surface area (Å²) in [4.78, 5) is 2.12. The molecule has 1 atom stereocenters. The largest absolute Gasteiger partial charge is 0.372 e. The van der Waals surface area contributed by atoms with Gasteiger partial charge in [0.05, 0.1) is 6.21 Å². The monoisotopic (exact) mass is 413 g/mol. The van der Waals surface area contributed by atoms with E-state index in [0.717, 1.165) is 30.8 Å². The SMILES string of the molecule is CCN(CC)c1ccc(/C=N/NC2(c3cccc4ccccc34)C=CC=CC2)c(F)c1. The van der Waals surface area contributed by atoms with E-state index < -0.39 is 5.54 Å². The molecule has 3 aromatic carbocycles. The predicted molar refractivity (Wildman–Crippen MR) is 129 cm³/mol. The number of halogens is 1. The van der Waals surface area contributed by atoms with Crippen LogP contribution >= 0.6 is 0 Å². The normalized spacial score (nSPS) is 18.0. The minimum absolute atomic E-state index is 0.270. The molecule has 31 heavy (non-hydrogen) atoms. The molecule has 0 aliphatic heterocycles. The van der Waals surface area contributed by atoms with Crippen molar-refractivity contribution < 1.29 is 4.39 Å². The van der Waals surface area contributed by atoms with E-state index in [4.69, 9.17) is 0 Å². The highest BCUT2D eigenvalue weighted by Gasteiger charge is 2.30. The van der Waals surface area contributed by atoms with Gasteiger partial charge >= 0.3 is 0 Å². The van der Waals surface area contributed by atoms with Gasteiger partial charge in [-0.2, -0.15) is 5.10 Å². The number of allylic oxidation sites excluding steroid dienone is 2. The molecule has 4 rings (SSSR count). The van der Waals surface area contributed by atoms with Crippen molar-refractivity contribution in [3.63, 3.8) is 0 Å². The maximum Gasteiger partial charge on any atom is 0.134 e. The number of fused-ring (bicyclic) bond motifs is 1. The Morgan fingerprint density at radius 3 is 2.58 bits per heavy atom. The van der Waals surface area contributed by atoms with Crippen molar-refractivity contribution in [2.24, 2.45) is 5.10 Å². The van der Waals surface area contributed by atoms with Crippen LogP contribution in [-0.4, -0.2) is 19.3 Å². The molecule has 0 saturated heterocycles. The van der Waals surface area contributed by atoms with E-state index in [2.05, 4.69) is 77.8 Å². The molecule has 0 saturated carbocycles. The van der Waals surface area contributed by atoms with Crippen molar-refractivity contribution in [1.82, 2.24) is 5.43 Å². The van der Waals surface area contributed by atoms with Gasteiger partial charge in [0.25, 0.3) is 0 Å². The fourth-order valence-corrected chi connectivity index (χ4v) is 4.20. The molecule has 0 aromatic heterocycles. The van der Waals surface area contributed by atoms with Crippen molar-refractivity contribution >= 4 is 22.7 Å². The van der Waals surface area contributed by atoms with E-state index in [1.165, 1.54) is 10.8 Å². The first kappa shape index (κ1) is 20.9. The van der Waals surface area contributed by atoms with Crippen molar-refractivity contribution in [1.29, 1.82) is 0 Å². The minimum Gasteiger partial charge on any atom is -0.372 e. The summed E-state index contributed by atoms with van der Waals surface area (Å²) in [5.74, 6) is -0.270. The molecular weight excluding hydrogens is 385 g/mol. The van der Waals surface area contributed by atoms with Crippen LogP contribution in [0.5, 0.6) is 0 Å². The second-order valence-electron chi connectivity index (χ2n) is 7.74. The first-order chi connectivity index (χ1) is 15.2. The average molecular weight is 414 g/mol. The van der Waals surface area contributed by atoms with Gasteiger partial charge < -0.3 is 4.90 Å². The summed E-state index contributed by atoms with van der Waals surface area (Å²) < 4.78 is 14.7. The molecule has 1 aliphatic carbocycles. The van der Waals surface area contributed by atoms with Crippen molar-refractivity contribution in [2.75, 3.05) is 18.0 Å². The fraction of sp³-hybridized carbons (Fsp3) is 0.222. The lowest BCUT2D eigenvalue weighted by atomic mass is 9.82. The molecule has 3 nitrogen and oxygen atoms in total. The highest BCUT2D eigenvalue weighted by atomic mass is 19.1. The van der Waals surface area contributed by atoms with Crippen LogP contribution in [0.2, 0.25) is 0 Å². The summed E-state index contributed by atoms with van der Waals surface area (Å²) in [6, 6.07) is 20.0. The number of benzene rings is 3. The topological polar surface area (TPSA) is 27.6 Å². The van der Waals surface area contributed by atoms with Crippen molar-refractivity contribution in [3.05, 3.63) is 102 Å². The molecule has 4 heteroatoms. The van der Waals surface area contributed by atoms with Gasteiger partial charge in [-0.3, -0.25) is 5.43 Å². The van der Waals surface area contributed by atoms with Crippen molar-refractivity contribution in [3.8, 4) is 0 Å². The lowest BCUT2D eigenvalue weighted by Gasteiger charge is -2.32. The Morgan fingerprint density at radius 1 is 1.03 bits per heavy atom. The standard InChI is InChI=1S/C27H28FN3/c1-3-31(4-2)23-16-15-22(26(28)19-23)20-29-30-27(17-8-5-9-18-27)25-14-10-12-21-11-6-7-13-24(21)25/h5-17,19-20,30H,3-4,18H2,1-2H3/b29-20+. The first-order valence-electron chi connectivity index (χ1n) is 10.8. The zero-order chi connectivity index (χ0) is 21.7. The number of hydrogen-bond donors (Lipinski definition) is 1. The minimum atomic E-state index is -0.482. The molecule has 1 unspecified atom stereocenters. The van der Waals surface area contributed by atoms with Gasteiger partial charge in [0.15, 0.2) is 0 Å². The highest BCUT2D eigenvalue weighted by Crippen LogP contribution is 2.35. The Kier molecular flexibility index (Phi) is 6.17. The van der Waals surface area contributed by atoms with Gasteiger partial charge in [-0.1, -0.05) is 66.8 Å². The van der Waals surface area contributed by atoms with Gasteiger partial charge in [-0.25, -0.2) is 4.39 Å². The summed E-state index contributed by atoms with van der Waals surface area (Å²) in [6.45, 7) is 5.83. The molecule has 0 bridgehead atoms. The quantitative estimate of drug-likeness (QED) is 0.371. The zero-order valence-electron chi connectivity index (χ0n) is 18.1. The molecule has 1 aliphatic rings. The molecule has 3 aromatic rings. The molecule has 158 valence electrons. The van der Waals surface area contributed by atoms with E-state index >= 15 is 0 Å².